The molecule has 0 radical (unpaired) electrons. The van der Waals surface area contributed by atoms with Crippen molar-refractivity contribution in [3.63, 3.8) is 0 Å². The number of nitrogens with two attached hydrogens (primary N) is 1. The molecule has 136 valence electrons. The standard InChI is InChI=1S/C18H23ClN2O4/c1-3-14-16(24)18(4-2,11-7-5-6-8-12(11)19)21-17(25-14)13(20)9-10-15(22)23/h5-8,13-14H,3-4,9-10,20H2,1-2H3,(H,22,23)/t13-,14?,18?/m0/s1. The van der Waals surface area contributed by atoms with Crippen molar-refractivity contribution in [1.29, 1.82) is 0 Å². The molecule has 1 aromatic carbocycles. The fourth-order valence-electron chi connectivity index (χ4n) is 3.01. The molecular weight excluding hydrogens is 344 g/mol. The number of carboxylic acid groups (broad SMARTS) is 1. The highest BCUT2D eigenvalue weighted by Crippen LogP contribution is 2.40. The van der Waals surface area contributed by atoms with Gasteiger partial charge in [0, 0.05) is 17.0 Å². The van der Waals surface area contributed by atoms with Gasteiger partial charge in [0.1, 0.15) is 0 Å². The molecule has 6 nitrogen and oxygen atoms in total. The molecule has 1 aromatic rings. The van der Waals surface area contributed by atoms with Gasteiger partial charge in [-0.1, -0.05) is 43.6 Å². The monoisotopic (exact) mass is 366 g/mol. The van der Waals surface area contributed by atoms with E-state index in [2.05, 4.69) is 4.99 Å². The zero-order valence-electron chi connectivity index (χ0n) is 14.4. The molecule has 2 unspecified atom stereocenters. The lowest BCUT2D eigenvalue weighted by Gasteiger charge is -2.38. The van der Waals surface area contributed by atoms with E-state index in [0.29, 0.717) is 23.4 Å². The minimum atomic E-state index is -1.16. The molecule has 2 rings (SSSR count). The van der Waals surface area contributed by atoms with Gasteiger partial charge in [0.25, 0.3) is 0 Å². The van der Waals surface area contributed by atoms with Crippen LogP contribution in [-0.4, -0.2) is 34.9 Å². The van der Waals surface area contributed by atoms with E-state index < -0.39 is 23.7 Å². The topological polar surface area (TPSA) is 102 Å². The van der Waals surface area contributed by atoms with Gasteiger partial charge in [-0.2, -0.15) is 0 Å². The van der Waals surface area contributed by atoms with Gasteiger partial charge >= 0.3 is 5.97 Å². The summed E-state index contributed by atoms with van der Waals surface area (Å²) in [4.78, 5) is 28.4. The van der Waals surface area contributed by atoms with Crippen LogP contribution in [0.5, 0.6) is 0 Å². The number of halogens is 1. The second-order valence-electron chi connectivity index (χ2n) is 6.06. The Morgan fingerprint density at radius 3 is 2.68 bits per heavy atom. The molecule has 0 fully saturated rings. The number of ether oxygens (including phenoxy) is 1. The van der Waals surface area contributed by atoms with E-state index in [0.717, 1.165) is 0 Å². The van der Waals surface area contributed by atoms with E-state index in [-0.39, 0.29) is 24.5 Å². The Morgan fingerprint density at radius 1 is 1.44 bits per heavy atom. The summed E-state index contributed by atoms with van der Waals surface area (Å²) in [6, 6.07) is 6.41. The summed E-state index contributed by atoms with van der Waals surface area (Å²) in [6.07, 6.45) is 0.278. The van der Waals surface area contributed by atoms with Crippen molar-refractivity contribution in [2.75, 3.05) is 0 Å². The van der Waals surface area contributed by atoms with Gasteiger partial charge in [0.2, 0.25) is 11.7 Å². The molecule has 1 aliphatic heterocycles. The summed E-state index contributed by atoms with van der Waals surface area (Å²) in [7, 11) is 0. The van der Waals surface area contributed by atoms with E-state index in [1.54, 1.807) is 18.2 Å². The predicted molar refractivity (Wildman–Crippen MR) is 95.9 cm³/mol. The third-order valence-corrected chi connectivity index (χ3v) is 4.78. The molecule has 7 heteroatoms. The number of Topliss-reactive ketones (excluding diaryl/α,β-unsaturated/α-hetero) is 1. The van der Waals surface area contributed by atoms with Gasteiger partial charge in [-0.15, -0.1) is 0 Å². The normalized spacial score (nSPS) is 24.4. The zero-order chi connectivity index (χ0) is 18.6. The molecule has 1 aliphatic rings. The molecule has 0 spiro atoms. The van der Waals surface area contributed by atoms with Gasteiger partial charge in [-0.25, -0.2) is 4.99 Å². The average molecular weight is 367 g/mol. The van der Waals surface area contributed by atoms with Crippen LogP contribution >= 0.6 is 11.6 Å². The molecule has 25 heavy (non-hydrogen) atoms. The van der Waals surface area contributed by atoms with E-state index in [9.17, 15) is 9.59 Å². The number of aliphatic carboxylic acids is 1. The quantitative estimate of drug-likeness (QED) is 0.772. The molecule has 3 atom stereocenters. The Hall–Kier alpha value is -1.92. The Kier molecular flexibility index (Phi) is 6.19. The number of carbonyl (C=O) groups is 2. The van der Waals surface area contributed by atoms with Crippen LogP contribution in [0.25, 0.3) is 0 Å². The van der Waals surface area contributed by atoms with Gasteiger partial charge in [0.05, 0.1) is 6.04 Å². The predicted octanol–water partition coefficient (Wildman–Crippen LogP) is 2.91. The van der Waals surface area contributed by atoms with Crippen molar-refractivity contribution >= 4 is 29.3 Å². The molecule has 0 amide bonds. The maximum Gasteiger partial charge on any atom is 0.303 e. The Morgan fingerprint density at radius 2 is 2.12 bits per heavy atom. The molecule has 1 heterocycles. The molecule has 0 aliphatic carbocycles. The fraction of sp³-hybridized carbons (Fsp3) is 0.500. The summed E-state index contributed by atoms with van der Waals surface area (Å²) >= 11 is 6.34. The molecule has 0 saturated carbocycles. The van der Waals surface area contributed by atoms with E-state index in [4.69, 9.17) is 27.2 Å². The largest absolute Gasteiger partial charge is 0.481 e. The molecular formula is C18H23ClN2O4. The van der Waals surface area contributed by atoms with E-state index in [1.165, 1.54) is 0 Å². The number of ketones is 1. The number of aliphatic imine (C=N–C) groups is 1. The highest BCUT2D eigenvalue weighted by atomic mass is 35.5. The lowest BCUT2D eigenvalue weighted by atomic mass is 9.80. The maximum absolute atomic E-state index is 13.1. The molecule has 0 saturated heterocycles. The van der Waals surface area contributed by atoms with Crippen molar-refractivity contribution in [2.45, 2.75) is 57.2 Å². The number of benzene rings is 1. The summed E-state index contributed by atoms with van der Waals surface area (Å²) < 4.78 is 5.70. The van der Waals surface area contributed by atoms with Crippen LogP contribution in [0, 0.1) is 0 Å². The summed E-state index contributed by atoms with van der Waals surface area (Å²) in [5.74, 6) is -0.878. The number of rotatable bonds is 7. The maximum atomic E-state index is 13.1. The molecule has 0 bridgehead atoms. The lowest BCUT2D eigenvalue weighted by Crippen LogP contribution is -2.51. The third-order valence-electron chi connectivity index (χ3n) is 4.45. The average Bonchev–Trinajstić information content (AvgIpc) is 2.60. The minimum absolute atomic E-state index is 0.0977. The number of carbonyl (C=O) groups excluding carboxylic acids is 1. The first-order valence-corrected chi connectivity index (χ1v) is 8.76. The highest BCUT2D eigenvalue weighted by Gasteiger charge is 2.48. The fourth-order valence-corrected chi connectivity index (χ4v) is 3.30. The molecule has 3 N–H and O–H groups in total. The van der Waals surface area contributed by atoms with E-state index in [1.807, 2.05) is 19.9 Å². The summed E-state index contributed by atoms with van der Waals surface area (Å²) in [5, 5.41) is 9.31. The number of hydrogen-bond donors (Lipinski definition) is 2. The summed E-state index contributed by atoms with van der Waals surface area (Å²) in [6.45, 7) is 3.71. The lowest BCUT2D eigenvalue weighted by molar-refractivity contribution is -0.137. The second-order valence-corrected chi connectivity index (χ2v) is 6.47. The zero-order valence-corrected chi connectivity index (χ0v) is 15.1. The third kappa shape index (κ3) is 3.85. The Balaban J connectivity index is 2.51. The number of hydrogen-bond acceptors (Lipinski definition) is 5. The first kappa shape index (κ1) is 19.4. The second kappa shape index (κ2) is 7.97. The highest BCUT2D eigenvalue weighted by molar-refractivity contribution is 6.32. The van der Waals surface area contributed by atoms with Crippen LogP contribution in [0.1, 0.15) is 45.1 Å². The van der Waals surface area contributed by atoms with Crippen LogP contribution in [0.15, 0.2) is 29.3 Å². The van der Waals surface area contributed by atoms with Crippen LogP contribution < -0.4 is 5.73 Å². The summed E-state index contributed by atoms with van der Waals surface area (Å²) in [5.41, 5.74) is 5.55. The van der Waals surface area contributed by atoms with Crippen LogP contribution in [0.2, 0.25) is 5.02 Å². The smallest absolute Gasteiger partial charge is 0.303 e. The van der Waals surface area contributed by atoms with Crippen molar-refractivity contribution in [3.8, 4) is 0 Å². The minimum Gasteiger partial charge on any atom is -0.481 e. The van der Waals surface area contributed by atoms with Crippen LogP contribution in [-0.2, 0) is 19.9 Å². The molecule has 0 aromatic heterocycles. The van der Waals surface area contributed by atoms with Crippen molar-refractivity contribution in [3.05, 3.63) is 34.9 Å². The van der Waals surface area contributed by atoms with Gasteiger partial charge in [-0.3, -0.25) is 9.59 Å². The first-order valence-electron chi connectivity index (χ1n) is 8.38. The van der Waals surface area contributed by atoms with E-state index >= 15 is 0 Å². The van der Waals surface area contributed by atoms with Crippen LogP contribution in [0.3, 0.4) is 0 Å². The van der Waals surface area contributed by atoms with Crippen molar-refractivity contribution in [2.24, 2.45) is 10.7 Å². The van der Waals surface area contributed by atoms with Crippen molar-refractivity contribution in [1.82, 2.24) is 0 Å². The SMILES string of the molecule is CCC1OC([C@@H](N)CCC(=O)O)=NC(CC)(c2ccccc2Cl)C1=O. The Bertz CT molecular complexity index is 691. The van der Waals surface area contributed by atoms with Crippen molar-refractivity contribution < 1.29 is 19.4 Å². The Labute approximate surface area is 152 Å². The van der Waals surface area contributed by atoms with Gasteiger partial charge < -0.3 is 15.6 Å². The van der Waals surface area contributed by atoms with Crippen LogP contribution in [0.4, 0.5) is 0 Å². The first-order chi connectivity index (χ1) is 11.9. The van der Waals surface area contributed by atoms with Gasteiger partial charge in [-0.05, 0) is 25.3 Å². The number of carboxylic acids is 1. The number of nitrogens with zero attached hydrogens (tertiary/aromatic N) is 1. The van der Waals surface area contributed by atoms with Gasteiger partial charge in [0.15, 0.2) is 11.6 Å².